The second-order valence-corrected chi connectivity index (χ2v) is 7.69. The summed E-state index contributed by atoms with van der Waals surface area (Å²) >= 11 is 1.62. The van der Waals surface area contributed by atoms with Crippen molar-refractivity contribution in [2.45, 2.75) is 19.8 Å². The number of hydrogen-bond donors (Lipinski definition) is 1. The molecule has 0 unspecified atom stereocenters. The predicted molar refractivity (Wildman–Crippen MR) is 114 cm³/mol. The molecule has 0 saturated heterocycles. The summed E-state index contributed by atoms with van der Waals surface area (Å²) in [4.78, 5) is 19.0. The van der Waals surface area contributed by atoms with E-state index in [2.05, 4.69) is 25.2 Å². The zero-order chi connectivity index (χ0) is 18.8. The van der Waals surface area contributed by atoms with Gasteiger partial charge in [0.05, 0.1) is 21.7 Å². The van der Waals surface area contributed by atoms with Gasteiger partial charge in [0, 0.05) is 11.1 Å². The van der Waals surface area contributed by atoms with Gasteiger partial charge in [-0.3, -0.25) is 4.79 Å². The molecular formula is C23H20N2OS. The summed E-state index contributed by atoms with van der Waals surface area (Å²) < 4.78 is 0. The van der Waals surface area contributed by atoms with E-state index in [4.69, 9.17) is 4.98 Å². The Kier molecular flexibility index (Phi) is 4.73. The molecule has 0 aliphatic rings. The summed E-state index contributed by atoms with van der Waals surface area (Å²) in [6, 6.07) is 21.7. The van der Waals surface area contributed by atoms with Gasteiger partial charge in [0.2, 0.25) is 0 Å². The second kappa shape index (κ2) is 7.33. The maximum Gasteiger partial charge on any atom is 0.256 e. The van der Waals surface area contributed by atoms with E-state index >= 15 is 0 Å². The molecule has 1 amide bonds. The number of fused-ring (bicyclic) bond motifs is 1. The molecule has 4 aromatic rings. The first-order chi connectivity index (χ1) is 13.1. The summed E-state index contributed by atoms with van der Waals surface area (Å²) in [5.74, 6) is 0.219. The third-order valence-corrected chi connectivity index (χ3v) is 5.46. The molecule has 1 N–H and O–H groups in total. The van der Waals surface area contributed by atoms with E-state index < -0.39 is 0 Å². The van der Waals surface area contributed by atoms with Crippen molar-refractivity contribution in [3.05, 3.63) is 83.2 Å². The molecule has 0 fully saturated rings. The van der Waals surface area contributed by atoms with Gasteiger partial charge in [0.25, 0.3) is 5.91 Å². The van der Waals surface area contributed by atoms with Gasteiger partial charge in [-0.15, -0.1) is 11.3 Å². The van der Waals surface area contributed by atoms with Crippen LogP contribution in [0.2, 0.25) is 0 Å². The maximum atomic E-state index is 13.2. The van der Waals surface area contributed by atoms with Crippen LogP contribution in [0.15, 0.2) is 72.1 Å². The molecule has 0 radical (unpaired) electrons. The van der Waals surface area contributed by atoms with E-state index in [0.717, 1.165) is 32.7 Å². The fourth-order valence-corrected chi connectivity index (χ4v) is 3.90. The zero-order valence-corrected chi connectivity index (χ0v) is 16.1. The fraction of sp³-hybridized carbons (Fsp3) is 0.130. The smallest absolute Gasteiger partial charge is 0.256 e. The Hall–Kier alpha value is -2.98. The third-order valence-electron chi connectivity index (χ3n) is 4.57. The first-order valence-corrected chi connectivity index (χ1v) is 9.85. The zero-order valence-electron chi connectivity index (χ0n) is 15.3. The monoisotopic (exact) mass is 372 g/mol. The topological polar surface area (TPSA) is 42.0 Å². The molecule has 0 aliphatic carbocycles. The Labute approximate surface area is 162 Å². The minimum absolute atomic E-state index is 0.112. The largest absolute Gasteiger partial charge is 0.322 e. The van der Waals surface area contributed by atoms with Crippen LogP contribution in [0.25, 0.3) is 21.5 Å². The molecule has 2 aromatic heterocycles. The van der Waals surface area contributed by atoms with Gasteiger partial charge in [0.15, 0.2) is 0 Å². The van der Waals surface area contributed by atoms with E-state index in [9.17, 15) is 4.79 Å². The highest BCUT2D eigenvalue weighted by molar-refractivity contribution is 7.13. The molecule has 2 heterocycles. The van der Waals surface area contributed by atoms with Crippen molar-refractivity contribution in [2.24, 2.45) is 0 Å². The van der Waals surface area contributed by atoms with Crippen LogP contribution in [0, 0.1) is 0 Å². The van der Waals surface area contributed by atoms with Crippen molar-refractivity contribution in [1.29, 1.82) is 0 Å². The molecule has 134 valence electrons. The number of nitrogens with zero attached hydrogens (tertiary/aromatic N) is 1. The lowest BCUT2D eigenvalue weighted by atomic mass is 10.0. The van der Waals surface area contributed by atoms with Gasteiger partial charge in [-0.25, -0.2) is 4.98 Å². The molecule has 0 spiro atoms. The highest BCUT2D eigenvalue weighted by Crippen LogP contribution is 2.29. The average Bonchev–Trinajstić information content (AvgIpc) is 3.22. The van der Waals surface area contributed by atoms with Crippen molar-refractivity contribution < 1.29 is 4.79 Å². The number of amides is 1. The van der Waals surface area contributed by atoms with Crippen molar-refractivity contribution in [1.82, 2.24) is 4.98 Å². The molecule has 4 rings (SSSR count). The Bertz CT molecular complexity index is 1100. The van der Waals surface area contributed by atoms with Gasteiger partial charge in [-0.05, 0) is 41.1 Å². The summed E-state index contributed by atoms with van der Waals surface area (Å²) in [5.41, 5.74) is 4.28. The Morgan fingerprint density at radius 2 is 1.78 bits per heavy atom. The number of benzene rings is 2. The summed E-state index contributed by atoms with van der Waals surface area (Å²) in [6.07, 6.45) is 0. The maximum absolute atomic E-state index is 13.2. The quantitative estimate of drug-likeness (QED) is 0.454. The van der Waals surface area contributed by atoms with Crippen molar-refractivity contribution in [3.8, 4) is 10.6 Å². The Balaban J connectivity index is 1.80. The Morgan fingerprint density at radius 1 is 1.00 bits per heavy atom. The number of nitrogens with one attached hydrogen (secondary N) is 1. The highest BCUT2D eigenvalue weighted by atomic mass is 32.1. The summed E-state index contributed by atoms with van der Waals surface area (Å²) in [7, 11) is 0. The number of anilines is 1. The minimum Gasteiger partial charge on any atom is -0.322 e. The van der Waals surface area contributed by atoms with Gasteiger partial charge in [-0.2, -0.15) is 0 Å². The molecule has 4 heteroatoms. The molecule has 0 atom stereocenters. The lowest BCUT2D eigenvalue weighted by Crippen LogP contribution is -2.14. The van der Waals surface area contributed by atoms with Gasteiger partial charge in [0.1, 0.15) is 0 Å². The van der Waals surface area contributed by atoms with E-state index in [-0.39, 0.29) is 5.91 Å². The first kappa shape index (κ1) is 17.4. The molecule has 0 aliphatic heterocycles. The van der Waals surface area contributed by atoms with Gasteiger partial charge < -0.3 is 5.32 Å². The van der Waals surface area contributed by atoms with Crippen LogP contribution in [0.1, 0.15) is 35.7 Å². The van der Waals surface area contributed by atoms with Crippen LogP contribution in [-0.2, 0) is 0 Å². The van der Waals surface area contributed by atoms with Crippen LogP contribution >= 0.6 is 11.3 Å². The number of hydrogen-bond acceptors (Lipinski definition) is 3. The standard InChI is InChI=1S/C23H20N2OS/c1-15(2)16-8-3-5-10-19(16)25-23(26)18-14-21(22-12-7-13-27-22)24-20-11-6-4-9-17(18)20/h3-15H,1-2H3,(H,25,26). The van der Waals surface area contributed by atoms with E-state index in [1.807, 2.05) is 66.0 Å². The van der Waals surface area contributed by atoms with Crippen LogP contribution in [-0.4, -0.2) is 10.9 Å². The lowest BCUT2D eigenvalue weighted by molar-refractivity contribution is 0.102. The number of carbonyl (C=O) groups is 1. The fourth-order valence-electron chi connectivity index (χ4n) is 3.22. The number of rotatable bonds is 4. The van der Waals surface area contributed by atoms with Gasteiger partial charge in [-0.1, -0.05) is 56.3 Å². The number of carbonyl (C=O) groups excluding carboxylic acids is 1. The normalized spacial score (nSPS) is 11.1. The average molecular weight is 372 g/mol. The molecule has 0 bridgehead atoms. The number of para-hydroxylation sites is 2. The Morgan fingerprint density at radius 3 is 2.56 bits per heavy atom. The molecular weight excluding hydrogens is 352 g/mol. The van der Waals surface area contributed by atoms with Crippen LogP contribution < -0.4 is 5.32 Å². The summed E-state index contributed by atoms with van der Waals surface area (Å²) in [5, 5.41) is 5.99. The molecule has 3 nitrogen and oxygen atoms in total. The number of pyridine rings is 1. The van der Waals surface area contributed by atoms with Crippen LogP contribution in [0.4, 0.5) is 5.69 Å². The predicted octanol–water partition coefficient (Wildman–Crippen LogP) is 6.34. The molecule has 0 saturated carbocycles. The van der Waals surface area contributed by atoms with Gasteiger partial charge >= 0.3 is 0 Å². The number of thiophene rings is 1. The minimum atomic E-state index is -0.112. The van der Waals surface area contributed by atoms with Crippen molar-refractivity contribution in [2.75, 3.05) is 5.32 Å². The first-order valence-electron chi connectivity index (χ1n) is 8.97. The third kappa shape index (κ3) is 3.49. The summed E-state index contributed by atoms with van der Waals surface area (Å²) in [6.45, 7) is 4.25. The van der Waals surface area contributed by atoms with Crippen molar-refractivity contribution >= 4 is 33.8 Å². The second-order valence-electron chi connectivity index (χ2n) is 6.75. The highest BCUT2D eigenvalue weighted by Gasteiger charge is 2.16. The SMILES string of the molecule is CC(C)c1ccccc1NC(=O)c1cc(-c2cccs2)nc2ccccc12. The number of aromatic nitrogens is 1. The molecule has 2 aromatic carbocycles. The lowest BCUT2D eigenvalue weighted by Gasteiger charge is -2.15. The van der Waals surface area contributed by atoms with E-state index in [1.54, 1.807) is 11.3 Å². The van der Waals surface area contributed by atoms with Crippen LogP contribution in [0.5, 0.6) is 0 Å². The molecule has 27 heavy (non-hydrogen) atoms. The van der Waals surface area contributed by atoms with Crippen molar-refractivity contribution in [3.63, 3.8) is 0 Å². The van der Waals surface area contributed by atoms with Crippen LogP contribution in [0.3, 0.4) is 0 Å². The van der Waals surface area contributed by atoms with E-state index in [0.29, 0.717) is 11.5 Å². The van der Waals surface area contributed by atoms with E-state index in [1.165, 1.54) is 0 Å².